The Balaban J connectivity index is 2.03. The minimum Gasteiger partial charge on any atom is -0.504 e. The first-order valence-corrected chi connectivity index (χ1v) is 8.40. The maximum absolute atomic E-state index is 12.8. The summed E-state index contributed by atoms with van der Waals surface area (Å²) in [4.78, 5) is 12.8. The van der Waals surface area contributed by atoms with Crippen molar-refractivity contribution in [3.63, 3.8) is 0 Å². The summed E-state index contributed by atoms with van der Waals surface area (Å²) in [6.07, 6.45) is 2.52. The van der Waals surface area contributed by atoms with Crippen LogP contribution in [0.4, 0.5) is 0 Å². The van der Waals surface area contributed by atoms with Crippen LogP contribution in [0.1, 0.15) is 15.9 Å². The number of phenols is 2. The molecule has 0 spiro atoms. The molecule has 0 fully saturated rings. The van der Waals surface area contributed by atoms with Crippen molar-refractivity contribution >= 4 is 11.9 Å². The summed E-state index contributed by atoms with van der Waals surface area (Å²) < 4.78 is 31.2. The number of benzene rings is 2. The molecule has 0 amide bonds. The maximum Gasteiger partial charge on any atom is 0.231 e. The number of rotatable bonds is 7. The Hall–Kier alpha value is -3.75. The van der Waals surface area contributed by atoms with Gasteiger partial charge < -0.3 is 38.6 Å². The van der Waals surface area contributed by atoms with E-state index < -0.39 is 5.78 Å². The van der Waals surface area contributed by atoms with Crippen molar-refractivity contribution in [3.8, 4) is 46.0 Å². The highest BCUT2D eigenvalue weighted by molar-refractivity contribution is 6.11. The fourth-order valence-electron chi connectivity index (χ4n) is 2.94. The van der Waals surface area contributed by atoms with Gasteiger partial charge in [-0.25, -0.2) is 0 Å². The van der Waals surface area contributed by atoms with Crippen molar-refractivity contribution in [2.75, 3.05) is 35.2 Å². The van der Waals surface area contributed by atoms with Gasteiger partial charge in [-0.3, -0.25) is 4.79 Å². The number of aromatic hydroxyl groups is 2. The minimum absolute atomic E-state index is 0.0578. The summed E-state index contributed by atoms with van der Waals surface area (Å²) in [5, 5.41) is 20.9. The number of allylic oxidation sites excluding steroid dienone is 1. The monoisotopic (exact) mass is 404 g/mol. The Kier molecular flexibility index (Phi) is 5.58. The molecule has 9 nitrogen and oxygen atoms in total. The van der Waals surface area contributed by atoms with Crippen LogP contribution in [0.5, 0.6) is 46.0 Å². The number of phenolic OH excluding ortho intramolecular Hbond substituents is 2. The molecule has 2 aromatic carbocycles. The summed E-state index contributed by atoms with van der Waals surface area (Å²) in [7, 11) is 5.57. The molecule has 0 bridgehead atoms. The zero-order valence-electron chi connectivity index (χ0n) is 16.3. The van der Waals surface area contributed by atoms with Crippen LogP contribution < -0.4 is 28.4 Å². The van der Waals surface area contributed by atoms with Gasteiger partial charge in [-0.2, -0.15) is 0 Å². The molecule has 0 unspecified atom stereocenters. The summed E-state index contributed by atoms with van der Waals surface area (Å²) >= 11 is 0. The van der Waals surface area contributed by atoms with Gasteiger partial charge >= 0.3 is 0 Å². The van der Waals surface area contributed by atoms with Crippen LogP contribution in [0.15, 0.2) is 18.2 Å². The lowest BCUT2D eigenvalue weighted by atomic mass is 10.0. The topological polar surface area (TPSA) is 113 Å². The molecule has 1 aliphatic rings. The second-order valence-corrected chi connectivity index (χ2v) is 5.82. The molecule has 0 radical (unpaired) electrons. The lowest BCUT2D eigenvalue weighted by molar-refractivity contribution is 0.104. The average molecular weight is 404 g/mol. The van der Waals surface area contributed by atoms with Gasteiger partial charge in [-0.15, -0.1) is 0 Å². The van der Waals surface area contributed by atoms with Gasteiger partial charge in [0.15, 0.2) is 28.8 Å². The second-order valence-electron chi connectivity index (χ2n) is 5.82. The summed E-state index contributed by atoms with van der Waals surface area (Å²) in [6.45, 7) is -0.0706. The van der Waals surface area contributed by atoms with E-state index in [4.69, 9.17) is 28.4 Å². The van der Waals surface area contributed by atoms with Crippen LogP contribution in [-0.4, -0.2) is 51.2 Å². The maximum atomic E-state index is 12.8. The predicted octanol–water partition coefficient (Wildman–Crippen LogP) is 2.76. The third-order valence-corrected chi connectivity index (χ3v) is 4.32. The molecule has 0 aliphatic carbocycles. The van der Waals surface area contributed by atoms with Gasteiger partial charge in [0.05, 0.1) is 28.4 Å². The molecule has 29 heavy (non-hydrogen) atoms. The molecule has 2 aromatic rings. The average Bonchev–Trinajstić information content (AvgIpc) is 3.20. The molecule has 1 aliphatic heterocycles. The normalized spacial score (nSPS) is 12.1. The second kappa shape index (κ2) is 8.09. The number of hydrogen-bond acceptors (Lipinski definition) is 9. The van der Waals surface area contributed by atoms with E-state index in [9.17, 15) is 15.0 Å². The Bertz CT molecular complexity index is 979. The van der Waals surface area contributed by atoms with Gasteiger partial charge in [-0.1, -0.05) is 0 Å². The summed E-state index contributed by atoms with van der Waals surface area (Å²) in [5.74, 6) is -0.162. The number of hydrogen-bond donors (Lipinski definition) is 2. The molecule has 3 rings (SSSR count). The summed E-state index contributed by atoms with van der Waals surface area (Å²) in [5.41, 5.74) is 0.145. The van der Waals surface area contributed by atoms with Crippen molar-refractivity contribution in [1.29, 1.82) is 0 Å². The van der Waals surface area contributed by atoms with Crippen LogP contribution in [0, 0.1) is 0 Å². The van der Waals surface area contributed by atoms with Crippen LogP contribution in [-0.2, 0) is 0 Å². The lowest BCUT2D eigenvalue weighted by Crippen LogP contribution is -2.01. The zero-order valence-corrected chi connectivity index (χ0v) is 16.3. The standard InChI is InChI=1S/C20H20O9/c1-24-12-8-14-18(29-9-28-14)17(23)15(12)11(21)6-5-10-7-13(25-2)19(26-3)20(27-4)16(10)22/h5-8,22-23H,9H2,1-4H3/b6-5+. The molecular formula is C20H20O9. The molecule has 0 saturated carbocycles. The SMILES string of the molecule is COc1cc(/C=C/C(=O)c2c(OC)cc3c(c2O)OCO3)c(O)c(OC)c1OC. The highest BCUT2D eigenvalue weighted by Gasteiger charge is 2.28. The van der Waals surface area contributed by atoms with Crippen molar-refractivity contribution in [2.24, 2.45) is 0 Å². The molecule has 2 N–H and O–H groups in total. The fourth-order valence-corrected chi connectivity index (χ4v) is 2.94. The molecule has 0 saturated heterocycles. The van der Waals surface area contributed by atoms with Crippen LogP contribution in [0.2, 0.25) is 0 Å². The number of methoxy groups -OCH3 is 4. The van der Waals surface area contributed by atoms with E-state index in [0.29, 0.717) is 5.75 Å². The van der Waals surface area contributed by atoms with Crippen molar-refractivity contribution in [1.82, 2.24) is 0 Å². The lowest BCUT2D eigenvalue weighted by Gasteiger charge is -2.15. The molecule has 9 heteroatoms. The highest BCUT2D eigenvalue weighted by Crippen LogP contribution is 2.48. The van der Waals surface area contributed by atoms with Crippen molar-refractivity contribution in [3.05, 3.63) is 29.3 Å². The van der Waals surface area contributed by atoms with E-state index in [0.717, 1.165) is 0 Å². The Morgan fingerprint density at radius 2 is 1.62 bits per heavy atom. The first-order valence-electron chi connectivity index (χ1n) is 8.40. The molecular weight excluding hydrogens is 384 g/mol. The number of carbonyl (C=O) groups is 1. The molecule has 0 atom stereocenters. The Labute approximate surface area is 166 Å². The molecule has 0 aromatic heterocycles. The van der Waals surface area contributed by atoms with E-state index >= 15 is 0 Å². The smallest absolute Gasteiger partial charge is 0.231 e. The third kappa shape index (κ3) is 3.42. The summed E-state index contributed by atoms with van der Waals surface area (Å²) in [6, 6.07) is 2.94. The van der Waals surface area contributed by atoms with E-state index in [1.54, 1.807) is 0 Å². The first kappa shape index (κ1) is 20.0. The van der Waals surface area contributed by atoms with Gasteiger partial charge in [0.25, 0.3) is 0 Å². The quantitative estimate of drug-likeness (QED) is 0.531. The Morgan fingerprint density at radius 3 is 2.24 bits per heavy atom. The third-order valence-electron chi connectivity index (χ3n) is 4.32. The number of ether oxygens (including phenoxy) is 6. The van der Waals surface area contributed by atoms with Crippen LogP contribution in [0.3, 0.4) is 0 Å². The van der Waals surface area contributed by atoms with Crippen molar-refractivity contribution < 1.29 is 43.4 Å². The highest BCUT2D eigenvalue weighted by atomic mass is 16.7. The number of carbonyl (C=O) groups excluding carboxylic acids is 1. The van der Waals surface area contributed by atoms with E-state index in [-0.39, 0.29) is 58.2 Å². The zero-order chi connectivity index (χ0) is 21.1. The molecule has 1 heterocycles. The predicted molar refractivity (Wildman–Crippen MR) is 102 cm³/mol. The minimum atomic E-state index is -0.578. The van der Waals surface area contributed by atoms with Gasteiger partial charge in [0, 0.05) is 11.6 Å². The number of ketones is 1. The van der Waals surface area contributed by atoms with E-state index in [1.807, 2.05) is 0 Å². The van der Waals surface area contributed by atoms with Gasteiger partial charge in [0.1, 0.15) is 11.3 Å². The largest absolute Gasteiger partial charge is 0.504 e. The van der Waals surface area contributed by atoms with E-state index in [1.165, 1.54) is 52.7 Å². The van der Waals surface area contributed by atoms with Crippen LogP contribution in [0.25, 0.3) is 6.08 Å². The van der Waals surface area contributed by atoms with Crippen molar-refractivity contribution in [2.45, 2.75) is 0 Å². The van der Waals surface area contributed by atoms with Crippen LogP contribution >= 0.6 is 0 Å². The Morgan fingerprint density at radius 1 is 0.931 bits per heavy atom. The molecule has 154 valence electrons. The fraction of sp³-hybridized carbons (Fsp3) is 0.250. The van der Waals surface area contributed by atoms with Gasteiger partial charge in [-0.05, 0) is 18.2 Å². The van der Waals surface area contributed by atoms with Gasteiger partial charge in [0.2, 0.25) is 24.0 Å². The number of fused-ring (bicyclic) bond motifs is 1. The van der Waals surface area contributed by atoms with E-state index in [2.05, 4.69) is 0 Å². The first-order chi connectivity index (χ1) is 14.0.